The van der Waals surface area contributed by atoms with Crippen molar-refractivity contribution in [2.45, 2.75) is 26.2 Å². The van der Waals surface area contributed by atoms with E-state index in [2.05, 4.69) is 23.8 Å². The summed E-state index contributed by atoms with van der Waals surface area (Å²) in [6.07, 6.45) is 11.1. The fourth-order valence-corrected chi connectivity index (χ4v) is 1.47. The van der Waals surface area contributed by atoms with Crippen molar-refractivity contribution in [2.75, 3.05) is 7.11 Å². The Bertz CT molecular complexity index is 240. The second-order valence-corrected chi connectivity index (χ2v) is 3.72. The zero-order valence-electron chi connectivity index (χ0n) is 8.25. The minimum atomic E-state index is -0.268. The molecule has 0 aromatic carbocycles. The number of ether oxygens (including phenoxy) is 1. The number of esters is 1. The smallest absolute Gasteiger partial charge is 0.330 e. The first-order valence-corrected chi connectivity index (χ1v) is 4.58. The van der Waals surface area contributed by atoms with E-state index in [-0.39, 0.29) is 11.4 Å². The molecule has 0 aliphatic heterocycles. The van der Waals surface area contributed by atoms with Crippen LogP contribution in [0.5, 0.6) is 0 Å². The van der Waals surface area contributed by atoms with Crippen LogP contribution in [0.3, 0.4) is 0 Å². The Labute approximate surface area is 79.3 Å². The van der Waals surface area contributed by atoms with Crippen LogP contribution in [0.15, 0.2) is 24.3 Å². The van der Waals surface area contributed by atoms with Crippen molar-refractivity contribution in [3.05, 3.63) is 24.3 Å². The molecule has 1 unspecified atom stereocenters. The largest absolute Gasteiger partial charge is 0.466 e. The predicted octanol–water partition coefficient (Wildman–Crippen LogP) is 2.46. The van der Waals surface area contributed by atoms with Gasteiger partial charge in [-0.1, -0.05) is 25.2 Å². The first-order chi connectivity index (χ1) is 6.16. The maximum Gasteiger partial charge on any atom is 0.330 e. The van der Waals surface area contributed by atoms with Crippen LogP contribution in [0, 0.1) is 5.41 Å². The van der Waals surface area contributed by atoms with Gasteiger partial charge in [0, 0.05) is 6.08 Å². The Morgan fingerprint density at radius 3 is 2.85 bits per heavy atom. The lowest BCUT2D eigenvalue weighted by atomic mass is 9.79. The molecule has 0 saturated heterocycles. The fourth-order valence-electron chi connectivity index (χ4n) is 1.47. The summed E-state index contributed by atoms with van der Waals surface area (Å²) >= 11 is 0. The second kappa shape index (κ2) is 4.26. The van der Waals surface area contributed by atoms with E-state index >= 15 is 0 Å². The molecule has 2 heteroatoms. The number of carbonyl (C=O) groups is 1. The average Bonchev–Trinajstić information content (AvgIpc) is 2.15. The SMILES string of the molecule is COC(=O)/C=C/C1(C)CC=CCC1. The lowest BCUT2D eigenvalue weighted by molar-refractivity contribution is -0.134. The Morgan fingerprint density at radius 2 is 2.31 bits per heavy atom. The van der Waals surface area contributed by atoms with Gasteiger partial charge in [0.05, 0.1) is 7.11 Å². The van der Waals surface area contributed by atoms with Crippen molar-refractivity contribution in [1.82, 2.24) is 0 Å². The fraction of sp³-hybridized carbons (Fsp3) is 0.545. The molecule has 0 bridgehead atoms. The van der Waals surface area contributed by atoms with Crippen molar-refractivity contribution < 1.29 is 9.53 Å². The monoisotopic (exact) mass is 180 g/mol. The summed E-state index contributed by atoms with van der Waals surface area (Å²) in [5, 5.41) is 0. The molecule has 0 aromatic heterocycles. The van der Waals surface area contributed by atoms with E-state index in [0.29, 0.717) is 0 Å². The lowest BCUT2D eigenvalue weighted by Gasteiger charge is -2.26. The van der Waals surface area contributed by atoms with Gasteiger partial charge in [-0.25, -0.2) is 4.79 Å². The van der Waals surface area contributed by atoms with E-state index in [4.69, 9.17) is 0 Å². The van der Waals surface area contributed by atoms with E-state index in [1.54, 1.807) is 0 Å². The molecule has 1 aliphatic rings. The van der Waals surface area contributed by atoms with E-state index < -0.39 is 0 Å². The van der Waals surface area contributed by atoms with Crippen LogP contribution in [0.25, 0.3) is 0 Å². The highest BCUT2D eigenvalue weighted by Crippen LogP contribution is 2.33. The number of hydrogen-bond acceptors (Lipinski definition) is 2. The maximum atomic E-state index is 10.9. The highest BCUT2D eigenvalue weighted by atomic mass is 16.5. The van der Waals surface area contributed by atoms with Crippen LogP contribution < -0.4 is 0 Å². The summed E-state index contributed by atoms with van der Waals surface area (Å²) in [5.41, 5.74) is 0.142. The quantitative estimate of drug-likeness (QED) is 0.370. The van der Waals surface area contributed by atoms with Crippen LogP contribution in [0.2, 0.25) is 0 Å². The molecule has 1 atom stereocenters. The van der Waals surface area contributed by atoms with Gasteiger partial charge < -0.3 is 4.74 Å². The molecule has 2 nitrogen and oxygen atoms in total. The van der Waals surface area contributed by atoms with Gasteiger partial charge >= 0.3 is 5.97 Å². The minimum absolute atomic E-state index is 0.142. The van der Waals surface area contributed by atoms with Crippen LogP contribution in [0.4, 0.5) is 0 Å². The number of carbonyl (C=O) groups excluding carboxylic acids is 1. The molecule has 0 N–H and O–H groups in total. The number of hydrogen-bond donors (Lipinski definition) is 0. The summed E-state index contributed by atoms with van der Waals surface area (Å²) in [7, 11) is 1.40. The lowest BCUT2D eigenvalue weighted by Crippen LogP contribution is -2.14. The van der Waals surface area contributed by atoms with Gasteiger partial charge in [-0.3, -0.25) is 0 Å². The van der Waals surface area contributed by atoms with Gasteiger partial charge in [0.15, 0.2) is 0 Å². The third-order valence-electron chi connectivity index (χ3n) is 2.46. The first kappa shape index (κ1) is 10.0. The van der Waals surface area contributed by atoms with Gasteiger partial charge in [-0.15, -0.1) is 0 Å². The van der Waals surface area contributed by atoms with Gasteiger partial charge in [-0.05, 0) is 24.7 Å². The highest BCUT2D eigenvalue weighted by molar-refractivity contribution is 5.81. The van der Waals surface area contributed by atoms with E-state index in [1.165, 1.54) is 13.2 Å². The molecule has 1 aliphatic carbocycles. The van der Waals surface area contributed by atoms with E-state index in [0.717, 1.165) is 19.3 Å². The Balaban J connectivity index is 2.55. The first-order valence-electron chi connectivity index (χ1n) is 4.58. The highest BCUT2D eigenvalue weighted by Gasteiger charge is 2.21. The molecule has 0 spiro atoms. The standard InChI is InChI=1S/C11H16O2/c1-11(7-4-3-5-8-11)9-6-10(12)13-2/h3-4,6,9H,5,7-8H2,1-2H3/b9-6+. The number of allylic oxidation sites excluding steroid dienone is 3. The summed E-state index contributed by atoms with van der Waals surface area (Å²) in [6.45, 7) is 2.16. The second-order valence-electron chi connectivity index (χ2n) is 3.72. The maximum absolute atomic E-state index is 10.9. The predicted molar refractivity (Wildman–Crippen MR) is 52.3 cm³/mol. The molecule has 0 saturated carbocycles. The summed E-state index contributed by atoms with van der Waals surface area (Å²) in [4.78, 5) is 10.9. The molecule has 1 rings (SSSR count). The molecular formula is C11H16O2. The van der Waals surface area contributed by atoms with Crippen LogP contribution in [-0.4, -0.2) is 13.1 Å². The number of rotatable bonds is 2. The van der Waals surface area contributed by atoms with Gasteiger partial charge in [0.25, 0.3) is 0 Å². The van der Waals surface area contributed by atoms with Crippen molar-refractivity contribution in [1.29, 1.82) is 0 Å². The Kier molecular flexibility index (Phi) is 3.29. The molecule has 0 amide bonds. The third kappa shape index (κ3) is 3.05. The topological polar surface area (TPSA) is 26.3 Å². The van der Waals surface area contributed by atoms with Gasteiger partial charge in [-0.2, -0.15) is 0 Å². The molecule has 0 aromatic rings. The van der Waals surface area contributed by atoms with Crippen molar-refractivity contribution in [3.8, 4) is 0 Å². The van der Waals surface area contributed by atoms with E-state index in [1.807, 2.05) is 6.08 Å². The molecule has 72 valence electrons. The Morgan fingerprint density at radius 1 is 1.54 bits per heavy atom. The molecule has 0 radical (unpaired) electrons. The van der Waals surface area contributed by atoms with Crippen molar-refractivity contribution in [2.24, 2.45) is 5.41 Å². The third-order valence-corrected chi connectivity index (χ3v) is 2.46. The minimum Gasteiger partial charge on any atom is -0.466 e. The molecular weight excluding hydrogens is 164 g/mol. The normalized spacial score (nSPS) is 27.8. The van der Waals surface area contributed by atoms with Crippen molar-refractivity contribution >= 4 is 5.97 Å². The molecule has 0 fully saturated rings. The summed E-state index contributed by atoms with van der Waals surface area (Å²) in [6, 6.07) is 0. The number of methoxy groups -OCH3 is 1. The average molecular weight is 180 g/mol. The van der Waals surface area contributed by atoms with Crippen molar-refractivity contribution in [3.63, 3.8) is 0 Å². The van der Waals surface area contributed by atoms with Gasteiger partial charge in [0.1, 0.15) is 0 Å². The van der Waals surface area contributed by atoms with Crippen LogP contribution >= 0.6 is 0 Å². The zero-order chi connectivity index (χ0) is 9.73. The summed E-state index contributed by atoms with van der Waals surface area (Å²) in [5.74, 6) is -0.268. The van der Waals surface area contributed by atoms with Crippen LogP contribution in [-0.2, 0) is 9.53 Å². The molecule has 0 heterocycles. The Hall–Kier alpha value is -1.05. The summed E-state index contributed by atoms with van der Waals surface area (Å²) < 4.78 is 4.54. The molecule has 13 heavy (non-hydrogen) atoms. The van der Waals surface area contributed by atoms with Crippen LogP contribution in [0.1, 0.15) is 26.2 Å². The van der Waals surface area contributed by atoms with E-state index in [9.17, 15) is 4.79 Å². The zero-order valence-corrected chi connectivity index (χ0v) is 8.25. The van der Waals surface area contributed by atoms with Gasteiger partial charge in [0.2, 0.25) is 0 Å².